The number of carbonyl (C=O) groups is 2. The highest BCUT2D eigenvalue weighted by atomic mass is 32.1. The van der Waals surface area contributed by atoms with Gasteiger partial charge >= 0.3 is 0 Å². The first-order valence-corrected chi connectivity index (χ1v) is 9.38. The second kappa shape index (κ2) is 7.74. The van der Waals surface area contributed by atoms with E-state index in [9.17, 15) is 9.59 Å². The summed E-state index contributed by atoms with van der Waals surface area (Å²) in [5, 5.41) is 12.3. The standard InChI is InChI=1S/C18H22N4O2S/c1-3-4-5-15(23)19-18-21-20-17(25-18)13-10-16(24)22(11-13)14-8-6-12(2)7-9-14/h6-9,13H,3-5,10-11H2,1-2H3,(H,19,21,23)/t13-/m1/s1. The lowest BCUT2D eigenvalue weighted by Crippen LogP contribution is -2.24. The van der Waals surface area contributed by atoms with Gasteiger partial charge in [-0.15, -0.1) is 10.2 Å². The molecule has 0 aliphatic carbocycles. The molecule has 0 saturated carbocycles. The number of aryl methyl sites for hydroxylation is 1. The van der Waals surface area contributed by atoms with E-state index < -0.39 is 0 Å². The van der Waals surface area contributed by atoms with E-state index in [2.05, 4.69) is 15.5 Å². The van der Waals surface area contributed by atoms with Crippen molar-refractivity contribution in [2.75, 3.05) is 16.8 Å². The first-order valence-electron chi connectivity index (χ1n) is 8.57. The van der Waals surface area contributed by atoms with Crippen molar-refractivity contribution in [3.63, 3.8) is 0 Å². The van der Waals surface area contributed by atoms with Crippen LogP contribution in [0, 0.1) is 6.92 Å². The van der Waals surface area contributed by atoms with Crippen LogP contribution in [-0.4, -0.2) is 28.6 Å². The normalized spacial score (nSPS) is 17.1. The van der Waals surface area contributed by atoms with Crippen molar-refractivity contribution >= 4 is 34.0 Å². The van der Waals surface area contributed by atoms with Gasteiger partial charge in [-0.25, -0.2) is 0 Å². The van der Waals surface area contributed by atoms with E-state index in [0.29, 0.717) is 24.5 Å². The zero-order valence-electron chi connectivity index (χ0n) is 14.5. The SMILES string of the molecule is CCCCC(=O)Nc1nnc([C@@H]2CC(=O)N(c3ccc(C)cc3)C2)s1. The van der Waals surface area contributed by atoms with Gasteiger partial charge in [-0.3, -0.25) is 9.59 Å². The molecule has 1 aliphatic rings. The van der Waals surface area contributed by atoms with Crippen molar-refractivity contribution in [2.45, 2.75) is 45.4 Å². The second-order valence-corrected chi connectivity index (χ2v) is 7.35. The predicted octanol–water partition coefficient (Wildman–Crippen LogP) is 3.50. The van der Waals surface area contributed by atoms with Crippen LogP contribution >= 0.6 is 11.3 Å². The molecule has 25 heavy (non-hydrogen) atoms. The van der Waals surface area contributed by atoms with Gasteiger partial charge < -0.3 is 10.2 Å². The van der Waals surface area contributed by atoms with E-state index in [1.165, 1.54) is 16.9 Å². The van der Waals surface area contributed by atoms with E-state index in [1.54, 1.807) is 4.90 Å². The number of aromatic nitrogens is 2. The predicted molar refractivity (Wildman–Crippen MR) is 99.0 cm³/mol. The molecule has 1 aromatic heterocycles. The van der Waals surface area contributed by atoms with Crippen LogP contribution in [0.1, 0.15) is 49.1 Å². The van der Waals surface area contributed by atoms with Gasteiger partial charge in [0.25, 0.3) is 0 Å². The van der Waals surface area contributed by atoms with Gasteiger partial charge in [0.15, 0.2) is 0 Å². The molecule has 7 heteroatoms. The summed E-state index contributed by atoms with van der Waals surface area (Å²) in [6.45, 7) is 4.67. The molecule has 1 aliphatic heterocycles. The summed E-state index contributed by atoms with van der Waals surface area (Å²) in [5.41, 5.74) is 2.08. The van der Waals surface area contributed by atoms with Crippen molar-refractivity contribution in [1.29, 1.82) is 0 Å². The minimum Gasteiger partial charge on any atom is -0.312 e. The summed E-state index contributed by atoms with van der Waals surface area (Å²) in [7, 11) is 0. The van der Waals surface area contributed by atoms with Gasteiger partial charge in [-0.1, -0.05) is 42.4 Å². The molecule has 0 bridgehead atoms. The molecule has 0 radical (unpaired) electrons. The van der Waals surface area contributed by atoms with Crippen LogP contribution in [-0.2, 0) is 9.59 Å². The number of nitrogens with one attached hydrogen (secondary N) is 1. The molecule has 0 spiro atoms. The molecule has 2 heterocycles. The number of unbranched alkanes of at least 4 members (excludes halogenated alkanes) is 1. The lowest BCUT2D eigenvalue weighted by molar-refractivity contribution is -0.117. The molecule has 1 N–H and O–H groups in total. The van der Waals surface area contributed by atoms with Gasteiger partial charge in [-0.2, -0.15) is 0 Å². The zero-order valence-corrected chi connectivity index (χ0v) is 15.3. The zero-order chi connectivity index (χ0) is 17.8. The van der Waals surface area contributed by atoms with Gasteiger partial charge in [0.2, 0.25) is 16.9 Å². The van der Waals surface area contributed by atoms with Crippen LogP contribution in [0.15, 0.2) is 24.3 Å². The number of anilines is 2. The lowest BCUT2D eigenvalue weighted by Gasteiger charge is -2.16. The van der Waals surface area contributed by atoms with E-state index >= 15 is 0 Å². The first-order chi connectivity index (χ1) is 12.1. The molecule has 0 unspecified atom stereocenters. The highest BCUT2D eigenvalue weighted by molar-refractivity contribution is 7.15. The number of rotatable bonds is 6. The van der Waals surface area contributed by atoms with Crippen molar-refractivity contribution in [2.24, 2.45) is 0 Å². The Kier molecular flexibility index (Phi) is 5.43. The molecule has 1 saturated heterocycles. The molecule has 3 rings (SSSR count). The Balaban J connectivity index is 1.64. The van der Waals surface area contributed by atoms with Crippen LogP contribution in [0.25, 0.3) is 0 Å². The van der Waals surface area contributed by atoms with Crippen molar-refractivity contribution in [1.82, 2.24) is 10.2 Å². The van der Waals surface area contributed by atoms with Crippen LogP contribution in [0.3, 0.4) is 0 Å². The number of hydrogen-bond acceptors (Lipinski definition) is 5. The van der Waals surface area contributed by atoms with Crippen LogP contribution in [0.5, 0.6) is 0 Å². The molecule has 1 atom stereocenters. The Morgan fingerprint density at radius 2 is 2.08 bits per heavy atom. The fourth-order valence-corrected chi connectivity index (χ4v) is 3.67. The molecule has 1 fully saturated rings. The highest BCUT2D eigenvalue weighted by Gasteiger charge is 2.33. The summed E-state index contributed by atoms with van der Waals surface area (Å²) < 4.78 is 0. The van der Waals surface area contributed by atoms with E-state index in [1.807, 2.05) is 38.1 Å². The van der Waals surface area contributed by atoms with Gasteiger partial charge in [0.05, 0.1) is 0 Å². The van der Waals surface area contributed by atoms with Crippen LogP contribution < -0.4 is 10.2 Å². The van der Waals surface area contributed by atoms with Gasteiger partial charge in [-0.05, 0) is 25.5 Å². The average molecular weight is 358 g/mol. The highest BCUT2D eigenvalue weighted by Crippen LogP contribution is 2.34. The quantitative estimate of drug-likeness (QED) is 0.857. The number of amides is 2. The van der Waals surface area contributed by atoms with Crippen molar-refractivity contribution < 1.29 is 9.59 Å². The van der Waals surface area contributed by atoms with Crippen LogP contribution in [0.2, 0.25) is 0 Å². The Morgan fingerprint density at radius 3 is 2.80 bits per heavy atom. The summed E-state index contributed by atoms with van der Waals surface area (Å²) in [4.78, 5) is 25.9. The van der Waals surface area contributed by atoms with Crippen molar-refractivity contribution in [3.05, 3.63) is 34.8 Å². The smallest absolute Gasteiger partial charge is 0.227 e. The van der Waals surface area contributed by atoms with Gasteiger partial charge in [0, 0.05) is 31.0 Å². The maximum Gasteiger partial charge on any atom is 0.227 e. The summed E-state index contributed by atoms with van der Waals surface area (Å²) in [6, 6.07) is 7.94. The topological polar surface area (TPSA) is 75.2 Å². The fraction of sp³-hybridized carbons (Fsp3) is 0.444. The Morgan fingerprint density at radius 1 is 1.32 bits per heavy atom. The third kappa shape index (κ3) is 4.22. The van der Waals surface area contributed by atoms with Crippen molar-refractivity contribution in [3.8, 4) is 0 Å². The Hall–Kier alpha value is -2.28. The van der Waals surface area contributed by atoms with Crippen LogP contribution in [0.4, 0.5) is 10.8 Å². The molecule has 2 amide bonds. The lowest BCUT2D eigenvalue weighted by atomic mass is 10.1. The van der Waals surface area contributed by atoms with E-state index in [-0.39, 0.29) is 17.7 Å². The maximum atomic E-state index is 12.4. The monoisotopic (exact) mass is 358 g/mol. The largest absolute Gasteiger partial charge is 0.312 e. The summed E-state index contributed by atoms with van der Waals surface area (Å²) in [5.74, 6) is 0.0820. The number of hydrogen-bond donors (Lipinski definition) is 1. The molecular weight excluding hydrogens is 336 g/mol. The summed E-state index contributed by atoms with van der Waals surface area (Å²) >= 11 is 1.36. The molecule has 132 valence electrons. The summed E-state index contributed by atoms with van der Waals surface area (Å²) in [6.07, 6.45) is 2.76. The Labute approximate surface area is 151 Å². The molecule has 1 aromatic carbocycles. The third-order valence-corrected chi connectivity index (χ3v) is 5.27. The van der Waals surface area contributed by atoms with E-state index in [4.69, 9.17) is 0 Å². The Bertz CT molecular complexity index is 757. The maximum absolute atomic E-state index is 12.4. The number of carbonyl (C=O) groups excluding carboxylic acids is 2. The second-order valence-electron chi connectivity index (χ2n) is 6.34. The third-order valence-electron chi connectivity index (χ3n) is 4.26. The van der Waals surface area contributed by atoms with E-state index in [0.717, 1.165) is 23.5 Å². The molecule has 6 nitrogen and oxygen atoms in total. The fourth-order valence-electron chi connectivity index (χ4n) is 2.82. The minimum atomic E-state index is -0.0340. The number of nitrogens with zero attached hydrogens (tertiary/aromatic N) is 3. The molecule has 2 aromatic rings. The first kappa shape index (κ1) is 17.5. The molecular formula is C18H22N4O2S. The average Bonchev–Trinajstić information content (AvgIpc) is 3.20. The number of benzene rings is 1. The minimum absolute atomic E-state index is 0.0209. The van der Waals surface area contributed by atoms with Gasteiger partial charge in [0.1, 0.15) is 5.01 Å².